The molecule has 1 atom stereocenters. The maximum absolute atomic E-state index is 13.1. The predicted octanol–water partition coefficient (Wildman–Crippen LogP) is 3.79. The molecular formula is C23H23N5O3S. The van der Waals surface area contributed by atoms with E-state index in [9.17, 15) is 9.59 Å². The molecule has 1 aromatic carbocycles. The number of aromatic nitrogens is 2. The van der Waals surface area contributed by atoms with Crippen LogP contribution in [0.15, 0.2) is 46.5 Å². The van der Waals surface area contributed by atoms with Crippen molar-refractivity contribution >= 4 is 55.7 Å². The van der Waals surface area contributed by atoms with Gasteiger partial charge in [0.1, 0.15) is 22.6 Å². The van der Waals surface area contributed by atoms with Crippen molar-refractivity contribution in [1.29, 1.82) is 0 Å². The number of nitrogens with zero attached hydrogens (tertiary/aromatic N) is 4. The van der Waals surface area contributed by atoms with Crippen LogP contribution in [-0.2, 0) is 4.79 Å². The minimum atomic E-state index is -0.350. The van der Waals surface area contributed by atoms with Crippen LogP contribution in [0.4, 0.5) is 11.5 Å². The number of hydrogen-bond acceptors (Lipinski definition) is 8. The third-order valence-electron chi connectivity index (χ3n) is 5.95. The lowest BCUT2D eigenvalue weighted by Crippen LogP contribution is -2.53. The fraction of sp³-hybridized carbons (Fsp3) is 0.304. The van der Waals surface area contributed by atoms with Crippen molar-refractivity contribution in [2.24, 2.45) is 0 Å². The maximum atomic E-state index is 13.1. The third-order valence-corrected chi connectivity index (χ3v) is 6.77. The van der Waals surface area contributed by atoms with Crippen molar-refractivity contribution in [1.82, 2.24) is 14.9 Å². The molecule has 0 saturated carbocycles. The Morgan fingerprint density at radius 3 is 2.66 bits per heavy atom. The van der Waals surface area contributed by atoms with Crippen LogP contribution in [0, 0.1) is 0 Å². The van der Waals surface area contributed by atoms with Gasteiger partial charge in [-0.3, -0.25) is 14.5 Å². The van der Waals surface area contributed by atoms with E-state index in [1.165, 1.54) is 6.92 Å². The number of piperazine rings is 1. The smallest absolute Gasteiger partial charge is 0.241 e. The number of ketones is 1. The summed E-state index contributed by atoms with van der Waals surface area (Å²) in [4.78, 5) is 39.3. The number of fused-ring (bicyclic) bond motifs is 2. The molecule has 164 valence electrons. The summed E-state index contributed by atoms with van der Waals surface area (Å²) in [7, 11) is 0. The molecule has 3 aromatic heterocycles. The quantitative estimate of drug-likeness (QED) is 0.464. The molecule has 0 bridgehead atoms. The molecule has 32 heavy (non-hydrogen) atoms. The minimum absolute atomic E-state index is 0.158. The number of furan rings is 1. The Morgan fingerprint density at radius 2 is 1.88 bits per heavy atom. The summed E-state index contributed by atoms with van der Waals surface area (Å²) < 4.78 is 5.68. The largest absolute Gasteiger partial charge is 0.451 e. The molecule has 1 N–H and O–H groups in total. The zero-order valence-corrected chi connectivity index (χ0v) is 18.7. The van der Waals surface area contributed by atoms with Gasteiger partial charge in [0.15, 0.2) is 11.5 Å². The number of para-hydroxylation sites is 1. The Bertz CT molecular complexity index is 1310. The first-order chi connectivity index (χ1) is 15.5. The molecule has 0 spiro atoms. The number of thiophene rings is 1. The summed E-state index contributed by atoms with van der Waals surface area (Å²) in [6.07, 6.45) is 1.61. The van der Waals surface area contributed by atoms with Crippen molar-refractivity contribution in [3.05, 3.63) is 47.8 Å². The van der Waals surface area contributed by atoms with Gasteiger partial charge >= 0.3 is 0 Å². The molecule has 1 amide bonds. The van der Waals surface area contributed by atoms with E-state index in [2.05, 4.69) is 31.2 Å². The van der Waals surface area contributed by atoms with Gasteiger partial charge in [0.05, 0.1) is 17.1 Å². The lowest BCUT2D eigenvalue weighted by molar-refractivity contribution is -0.120. The Hall–Kier alpha value is -3.30. The molecular weight excluding hydrogens is 426 g/mol. The first kappa shape index (κ1) is 20.6. The normalized spacial score (nSPS) is 15.9. The highest BCUT2D eigenvalue weighted by atomic mass is 32.1. The van der Waals surface area contributed by atoms with Gasteiger partial charge in [0.25, 0.3) is 0 Å². The van der Waals surface area contributed by atoms with Gasteiger partial charge < -0.3 is 14.6 Å². The first-order valence-corrected chi connectivity index (χ1v) is 11.4. The van der Waals surface area contributed by atoms with Crippen molar-refractivity contribution in [2.45, 2.75) is 19.9 Å². The molecule has 4 aromatic rings. The van der Waals surface area contributed by atoms with E-state index in [-0.39, 0.29) is 23.5 Å². The van der Waals surface area contributed by atoms with Crippen LogP contribution in [0.2, 0.25) is 0 Å². The van der Waals surface area contributed by atoms with E-state index in [0.29, 0.717) is 11.3 Å². The van der Waals surface area contributed by atoms with Gasteiger partial charge in [0, 0.05) is 38.5 Å². The van der Waals surface area contributed by atoms with Crippen LogP contribution >= 0.6 is 11.3 Å². The van der Waals surface area contributed by atoms with Crippen molar-refractivity contribution < 1.29 is 14.0 Å². The molecule has 1 saturated heterocycles. The van der Waals surface area contributed by atoms with Crippen LogP contribution in [-0.4, -0.2) is 58.8 Å². The molecule has 0 aliphatic carbocycles. The summed E-state index contributed by atoms with van der Waals surface area (Å²) in [5.74, 6) is 0.751. The molecule has 4 heterocycles. The van der Waals surface area contributed by atoms with E-state index in [1.54, 1.807) is 23.7 Å². The summed E-state index contributed by atoms with van der Waals surface area (Å²) in [6, 6.07) is 9.04. The van der Waals surface area contributed by atoms with E-state index < -0.39 is 0 Å². The number of anilines is 2. The number of carbonyl (C=O) groups excluding carboxylic acids is 2. The Kier molecular flexibility index (Phi) is 5.36. The van der Waals surface area contributed by atoms with E-state index in [4.69, 9.17) is 4.42 Å². The zero-order chi connectivity index (χ0) is 22.2. The highest BCUT2D eigenvalue weighted by Gasteiger charge is 2.28. The van der Waals surface area contributed by atoms with Gasteiger partial charge in [-0.25, -0.2) is 9.97 Å². The second-order valence-electron chi connectivity index (χ2n) is 7.88. The van der Waals surface area contributed by atoms with Gasteiger partial charge in [-0.15, -0.1) is 11.3 Å². The average molecular weight is 450 g/mol. The summed E-state index contributed by atoms with van der Waals surface area (Å²) in [6.45, 7) is 6.34. The second kappa shape index (κ2) is 8.33. The first-order valence-electron chi connectivity index (χ1n) is 10.5. The summed E-state index contributed by atoms with van der Waals surface area (Å²) >= 11 is 1.61. The van der Waals surface area contributed by atoms with Crippen molar-refractivity contribution in [3.8, 4) is 0 Å². The second-order valence-corrected chi connectivity index (χ2v) is 8.78. The number of benzene rings is 1. The molecule has 8 nitrogen and oxygen atoms in total. The fourth-order valence-electron chi connectivity index (χ4n) is 4.16. The number of amides is 1. The molecule has 1 unspecified atom stereocenters. The molecule has 5 rings (SSSR count). The molecule has 1 fully saturated rings. The minimum Gasteiger partial charge on any atom is -0.451 e. The van der Waals surface area contributed by atoms with Gasteiger partial charge in [-0.05, 0) is 30.5 Å². The summed E-state index contributed by atoms with van der Waals surface area (Å²) in [5, 5.41) is 6.77. The van der Waals surface area contributed by atoms with Gasteiger partial charge in [-0.1, -0.05) is 12.1 Å². The highest BCUT2D eigenvalue weighted by molar-refractivity contribution is 7.16. The standard InChI is InChI=1S/C23H23N5O3S/c1-14(22(30)26-19-16-5-3-4-6-18(16)31-20(19)15(2)29)27-8-10-28(11-9-27)21-17-7-12-32-23(17)25-13-24-21/h3-7,12-14H,8-11H2,1-2H3,(H,26,30). The molecule has 9 heteroatoms. The van der Waals surface area contributed by atoms with Crippen LogP contribution in [0.1, 0.15) is 24.4 Å². The van der Waals surface area contributed by atoms with Crippen LogP contribution < -0.4 is 10.2 Å². The summed E-state index contributed by atoms with van der Waals surface area (Å²) in [5.41, 5.74) is 1.03. The highest BCUT2D eigenvalue weighted by Crippen LogP contribution is 2.32. The number of hydrogen-bond donors (Lipinski definition) is 1. The van der Waals surface area contributed by atoms with E-state index in [0.717, 1.165) is 47.6 Å². The zero-order valence-electron chi connectivity index (χ0n) is 17.9. The lowest BCUT2D eigenvalue weighted by Gasteiger charge is -2.38. The maximum Gasteiger partial charge on any atom is 0.241 e. The van der Waals surface area contributed by atoms with Gasteiger partial charge in [0.2, 0.25) is 5.91 Å². The van der Waals surface area contributed by atoms with Crippen molar-refractivity contribution in [3.63, 3.8) is 0 Å². The van der Waals surface area contributed by atoms with Crippen LogP contribution in [0.25, 0.3) is 21.2 Å². The van der Waals surface area contributed by atoms with E-state index >= 15 is 0 Å². The molecule has 0 radical (unpaired) electrons. The molecule has 1 aliphatic heterocycles. The SMILES string of the molecule is CC(=O)c1oc2ccccc2c1NC(=O)C(C)N1CCN(c2ncnc3sccc23)CC1. The van der Waals surface area contributed by atoms with Crippen LogP contribution in [0.3, 0.4) is 0 Å². The van der Waals surface area contributed by atoms with E-state index in [1.807, 2.05) is 30.5 Å². The number of rotatable bonds is 5. The predicted molar refractivity (Wildman–Crippen MR) is 126 cm³/mol. The Balaban J connectivity index is 1.29. The number of nitrogens with one attached hydrogen (secondary N) is 1. The van der Waals surface area contributed by atoms with Gasteiger partial charge in [-0.2, -0.15) is 0 Å². The molecule has 1 aliphatic rings. The monoisotopic (exact) mass is 449 g/mol. The third kappa shape index (κ3) is 3.63. The Labute approximate surface area is 188 Å². The topological polar surface area (TPSA) is 91.6 Å². The van der Waals surface area contributed by atoms with Crippen LogP contribution in [0.5, 0.6) is 0 Å². The lowest BCUT2D eigenvalue weighted by atomic mass is 10.1. The Morgan fingerprint density at radius 1 is 1.09 bits per heavy atom. The number of carbonyl (C=O) groups is 2. The number of Topliss-reactive ketones (excluding diaryl/α,β-unsaturated/α-hetero) is 1. The average Bonchev–Trinajstić information content (AvgIpc) is 3.44. The fourth-order valence-corrected chi connectivity index (χ4v) is 4.89. The van der Waals surface area contributed by atoms with Crippen molar-refractivity contribution in [2.75, 3.05) is 36.4 Å².